The molecule has 1 rings (SSSR count). The SMILES string of the molecule is CCC(CC(O)CN)c1c(F)cccc1F. The molecule has 2 nitrogen and oxygen atoms in total. The van der Waals surface area contributed by atoms with Gasteiger partial charge in [-0.15, -0.1) is 0 Å². The Bertz CT molecular complexity index is 324. The van der Waals surface area contributed by atoms with E-state index >= 15 is 0 Å². The maximum absolute atomic E-state index is 13.5. The third kappa shape index (κ3) is 3.00. The van der Waals surface area contributed by atoms with Gasteiger partial charge in [-0.25, -0.2) is 8.78 Å². The van der Waals surface area contributed by atoms with Crippen LogP contribution in [0.3, 0.4) is 0 Å². The van der Waals surface area contributed by atoms with Crippen LogP contribution in [-0.4, -0.2) is 17.8 Å². The first kappa shape index (κ1) is 13.1. The largest absolute Gasteiger partial charge is 0.392 e. The Kier molecular flexibility index (Phi) is 4.83. The van der Waals surface area contributed by atoms with Crippen LogP contribution in [0.15, 0.2) is 18.2 Å². The van der Waals surface area contributed by atoms with Crippen LogP contribution >= 0.6 is 0 Å². The summed E-state index contributed by atoms with van der Waals surface area (Å²) >= 11 is 0. The van der Waals surface area contributed by atoms with Gasteiger partial charge in [0, 0.05) is 12.1 Å². The topological polar surface area (TPSA) is 46.2 Å². The second-order valence-electron chi connectivity index (χ2n) is 3.87. The normalized spacial score (nSPS) is 14.8. The minimum absolute atomic E-state index is 0.0532. The van der Waals surface area contributed by atoms with Gasteiger partial charge >= 0.3 is 0 Å². The van der Waals surface area contributed by atoms with Crippen LogP contribution < -0.4 is 5.73 Å². The van der Waals surface area contributed by atoms with Gasteiger partial charge in [0.05, 0.1) is 6.10 Å². The summed E-state index contributed by atoms with van der Waals surface area (Å²) in [6, 6.07) is 3.80. The molecule has 0 amide bonds. The monoisotopic (exact) mass is 229 g/mol. The summed E-state index contributed by atoms with van der Waals surface area (Å²) in [6.07, 6.45) is 0.128. The lowest BCUT2D eigenvalue weighted by atomic mass is 9.90. The second kappa shape index (κ2) is 5.92. The van der Waals surface area contributed by atoms with Gasteiger partial charge in [-0.3, -0.25) is 0 Å². The first-order chi connectivity index (χ1) is 7.60. The number of hydrogen-bond donors (Lipinski definition) is 2. The molecule has 0 spiro atoms. The van der Waals surface area contributed by atoms with Crippen LogP contribution in [0.5, 0.6) is 0 Å². The van der Waals surface area contributed by atoms with E-state index in [9.17, 15) is 13.9 Å². The quantitative estimate of drug-likeness (QED) is 0.812. The van der Waals surface area contributed by atoms with Crippen molar-refractivity contribution in [2.45, 2.75) is 31.8 Å². The van der Waals surface area contributed by atoms with Gasteiger partial charge in [-0.1, -0.05) is 13.0 Å². The fraction of sp³-hybridized carbons (Fsp3) is 0.500. The average molecular weight is 229 g/mol. The minimum atomic E-state index is -0.719. The molecule has 1 aromatic carbocycles. The van der Waals surface area contributed by atoms with Crippen molar-refractivity contribution in [3.63, 3.8) is 0 Å². The number of rotatable bonds is 5. The van der Waals surface area contributed by atoms with Crippen LogP contribution in [0.25, 0.3) is 0 Å². The number of aliphatic hydroxyl groups is 1. The highest BCUT2D eigenvalue weighted by Crippen LogP contribution is 2.29. The van der Waals surface area contributed by atoms with E-state index < -0.39 is 17.7 Å². The Labute approximate surface area is 94.1 Å². The molecule has 0 bridgehead atoms. The van der Waals surface area contributed by atoms with Crippen molar-refractivity contribution in [3.05, 3.63) is 35.4 Å². The molecule has 0 heterocycles. The lowest BCUT2D eigenvalue weighted by Gasteiger charge is -2.19. The van der Waals surface area contributed by atoms with Gasteiger partial charge in [-0.05, 0) is 30.9 Å². The molecule has 0 radical (unpaired) electrons. The molecule has 3 N–H and O–H groups in total. The van der Waals surface area contributed by atoms with Crippen LogP contribution in [0.4, 0.5) is 8.78 Å². The summed E-state index contributed by atoms with van der Waals surface area (Å²) in [5.74, 6) is -1.45. The molecular weight excluding hydrogens is 212 g/mol. The molecule has 0 saturated heterocycles. The van der Waals surface area contributed by atoms with Crippen LogP contribution in [0, 0.1) is 11.6 Å². The molecule has 2 unspecified atom stereocenters. The first-order valence-electron chi connectivity index (χ1n) is 5.42. The molecule has 0 aliphatic rings. The Morgan fingerprint density at radius 2 is 1.88 bits per heavy atom. The van der Waals surface area contributed by atoms with Crippen molar-refractivity contribution in [2.24, 2.45) is 5.73 Å². The van der Waals surface area contributed by atoms with E-state index in [4.69, 9.17) is 5.73 Å². The molecular formula is C12H17F2NO. The van der Waals surface area contributed by atoms with Crippen LogP contribution in [0.2, 0.25) is 0 Å². The molecule has 1 aromatic rings. The fourth-order valence-corrected chi connectivity index (χ4v) is 1.81. The summed E-state index contributed by atoms with van der Waals surface area (Å²) in [7, 11) is 0. The van der Waals surface area contributed by atoms with Gasteiger partial charge < -0.3 is 10.8 Å². The van der Waals surface area contributed by atoms with Gasteiger partial charge in [-0.2, -0.15) is 0 Å². The van der Waals surface area contributed by atoms with E-state index in [0.717, 1.165) is 0 Å². The van der Waals surface area contributed by atoms with E-state index in [2.05, 4.69) is 0 Å². The molecule has 0 aliphatic heterocycles. The standard InChI is InChI=1S/C12H17F2NO/c1-2-8(6-9(16)7-15)12-10(13)4-3-5-11(12)14/h3-5,8-9,16H,2,6-7,15H2,1H3. The van der Waals surface area contributed by atoms with E-state index in [1.54, 1.807) is 0 Å². The predicted octanol–water partition coefficient (Wildman–Crippen LogP) is 2.17. The minimum Gasteiger partial charge on any atom is -0.392 e. The smallest absolute Gasteiger partial charge is 0.129 e. The Morgan fingerprint density at radius 1 is 1.31 bits per heavy atom. The molecule has 0 aromatic heterocycles. The zero-order chi connectivity index (χ0) is 12.1. The molecule has 2 atom stereocenters. The summed E-state index contributed by atoms with van der Waals surface area (Å²) in [5, 5.41) is 9.43. The van der Waals surface area contributed by atoms with E-state index in [0.29, 0.717) is 6.42 Å². The molecule has 4 heteroatoms. The highest BCUT2D eigenvalue weighted by atomic mass is 19.1. The van der Waals surface area contributed by atoms with Crippen molar-refractivity contribution in [1.29, 1.82) is 0 Å². The van der Waals surface area contributed by atoms with E-state index in [-0.39, 0.29) is 24.4 Å². The highest BCUT2D eigenvalue weighted by molar-refractivity contribution is 5.23. The zero-order valence-corrected chi connectivity index (χ0v) is 9.29. The first-order valence-corrected chi connectivity index (χ1v) is 5.42. The van der Waals surface area contributed by atoms with Crippen molar-refractivity contribution in [1.82, 2.24) is 0 Å². The summed E-state index contributed by atoms with van der Waals surface area (Å²) in [4.78, 5) is 0. The number of aliphatic hydroxyl groups excluding tert-OH is 1. The predicted molar refractivity (Wildman–Crippen MR) is 59.1 cm³/mol. The molecule has 0 aliphatic carbocycles. The molecule has 90 valence electrons. The third-order valence-electron chi connectivity index (χ3n) is 2.73. The van der Waals surface area contributed by atoms with Gasteiger partial charge in [0.1, 0.15) is 11.6 Å². The van der Waals surface area contributed by atoms with E-state index in [1.165, 1.54) is 18.2 Å². The number of hydrogen-bond acceptors (Lipinski definition) is 2. The van der Waals surface area contributed by atoms with Crippen LogP contribution in [-0.2, 0) is 0 Å². The maximum atomic E-state index is 13.5. The third-order valence-corrected chi connectivity index (χ3v) is 2.73. The summed E-state index contributed by atoms with van der Waals surface area (Å²) in [6.45, 7) is 1.94. The number of halogens is 2. The van der Waals surface area contributed by atoms with Crippen molar-refractivity contribution in [3.8, 4) is 0 Å². The van der Waals surface area contributed by atoms with E-state index in [1.807, 2.05) is 6.92 Å². The Balaban J connectivity index is 2.94. The molecule has 16 heavy (non-hydrogen) atoms. The lowest BCUT2D eigenvalue weighted by molar-refractivity contribution is 0.160. The van der Waals surface area contributed by atoms with Crippen molar-refractivity contribution >= 4 is 0 Å². The van der Waals surface area contributed by atoms with Crippen molar-refractivity contribution < 1.29 is 13.9 Å². The van der Waals surface area contributed by atoms with Crippen LogP contribution in [0.1, 0.15) is 31.2 Å². The highest BCUT2D eigenvalue weighted by Gasteiger charge is 2.20. The number of benzene rings is 1. The lowest BCUT2D eigenvalue weighted by Crippen LogP contribution is -2.22. The van der Waals surface area contributed by atoms with Crippen molar-refractivity contribution in [2.75, 3.05) is 6.54 Å². The van der Waals surface area contributed by atoms with Gasteiger partial charge in [0.15, 0.2) is 0 Å². The fourth-order valence-electron chi connectivity index (χ4n) is 1.81. The zero-order valence-electron chi connectivity index (χ0n) is 9.29. The summed E-state index contributed by atoms with van der Waals surface area (Å²) < 4.78 is 27.0. The van der Waals surface area contributed by atoms with Gasteiger partial charge in [0.2, 0.25) is 0 Å². The maximum Gasteiger partial charge on any atom is 0.129 e. The molecule has 0 fully saturated rings. The number of nitrogens with two attached hydrogens (primary N) is 1. The average Bonchev–Trinajstić information content (AvgIpc) is 2.27. The molecule has 0 saturated carbocycles. The Morgan fingerprint density at radius 3 is 2.31 bits per heavy atom. The second-order valence-corrected chi connectivity index (χ2v) is 3.87. The Hall–Kier alpha value is -1.00. The summed E-state index contributed by atoms with van der Waals surface area (Å²) in [5.41, 5.74) is 5.34. The van der Waals surface area contributed by atoms with Gasteiger partial charge in [0.25, 0.3) is 0 Å².